The summed E-state index contributed by atoms with van der Waals surface area (Å²) >= 11 is 0. The Bertz CT molecular complexity index is 230. The zero-order valence-corrected chi connectivity index (χ0v) is 10.4. The smallest absolute Gasteiger partial charge is 0.222 e. The molecule has 2 rings (SSSR count). The van der Waals surface area contributed by atoms with Gasteiger partial charge in [0, 0.05) is 25.6 Å². The summed E-state index contributed by atoms with van der Waals surface area (Å²) in [5.74, 6) is 1.25. The van der Waals surface area contributed by atoms with Crippen molar-refractivity contribution >= 4 is 5.91 Å². The zero-order valence-electron chi connectivity index (χ0n) is 10.4. The minimum atomic E-state index is 0.390. The van der Waals surface area contributed by atoms with E-state index in [1.807, 2.05) is 7.05 Å². The maximum absolute atomic E-state index is 11.9. The zero-order chi connectivity index (χ0) is 11.4. The number of likely N-dealkylation sites (tertiary alicyclic amines) is 1. The maximum atomic E-state index is 11.9. The first-order valence-electron chi connectivity index (χ1n) is 6.74. The van der Waals surface area contributed by atoms with Gasteiger partial charge < -0.3 is 10.2 Å². The van der Waals surface area contributed by atoms with E-state index in [0.717, 1.165) is 44.7 Å². The van der Waals surface area contributed by atoms with Gasteiger partial charge in [-0.2, -0.15) is 0 Å². The maximum Gasteiger partial charge on any atom is 0.222 e. The van der Waals surface area contributed by atoms with E-state index in [4.69, 9.17) is 0 Å². The molecule has 0 spiro atoms. The molecule has 0 aromatic heterocycles. The van der Waals surface area contributed by atoms with Gasteiger partial charge in [-0.15, -0.1) is 0 Å². The topological polar surface area (TPSA) is 32.3 Å². The van der Waals surface area contributed by atoms with Crippen LogP contribution in [-0.4, -0.2) is 37.0 Å². The van der Waals surface area contributed by atoms with Gasteiger partial charge in [0.25, 0.3) is 0 Å². The van der Waals surface area contributed by atoms with Crippen LogP contribution in [0.4, 0.5) is 0 Å². The Morgan fingerprint density at radius 1 is 1.25 bits per heavy atom. The number of carbonyl (C=O) groups is 1. The van der Waals surface area contributed by atoms with Gasteiger partial charge in [0.2, 0.25) is 5.91 Å². The lowest BCUT2D eigenvalue weighted by Crippen LogP contribution is -2.44. The van der Waals surface area contributed by atoms with E-state index in [2.05, 4.69) is 10.2 Å². The van der Waals surface area contributed by atoms with E-state index >= 15 is 0 Å². The summed E-state index contributed by atoms with van der Waals surface area (Å²) in [7, 11) is 2.01. The molecule has 1 saturated heterocycles. The van der Waals surface area contributed by atoms with Crippen molar-refractivity contribution in [3.8, 4) is 0 Å². The Morgan fingerprint density at radius 3 is 2.44 bits per heavy atom. The van der Waals surface area contributed by atoms with E-state index < -0.39 is 0 Å². The Kier molecular flexibility index (Phi) is 4.22. The average molecular weight is 224 g/mol. The Balaban J connectivity index is 1.65. The number of piperidine rings is 1. The fraction of sp³-hybridized carbons (Fsp3) is 0.923. The fourth-order valence-electron chi connectivity index (χ4n) is 2.68. The van der Waals surface area contributed by atoms with Crippen LogP contribution in [0.3, 0.4) is 0 Å². The number of hydrogen-bond acceptors (Lipinski definition) is 2. The molecule has 0 aromatic rings. The molecule has 0 unspecified atom stereocenters. The molecule has 1 aliphatic heterocycles. The van der Waals surface area contributed by atoms with Crippen LogP contribution in [0.25, 0.3) is 0 Å². The van der Waals surface area contributed by atoms with Crippen molar-refractivity contribution in [3.63, 3.8) is 0 Å². The molecule has 3 heteroatoms. The predicted octanol–water partition coefficient (Wildman–Crippen LogP) is 1.78. The first-order chi connectivity index (χ1) is 7.79. The van der Waals surface area contributed by atoms with Crippen LogP contribution in [0, 0.1) is 5.92 Å². The molecule has 1 amide bonds. The molecule has 0 aromatic carbocycles. The van der Waals surface area contributed by atoms with Crippen molar-refractivity contribution in [1.29, 1.82) is 0 Å². The van der Waals surface area contributed by atoms with Gasteiger partial charge >= 0.3 is 0 Å². The van der Waals surface area contributed by atoms with Crippen LogP contribution < -0.4 is 5.32 Å². The van der Waals surface area contributed by atoms with Crippen molar-refractivity contribution < 1.29 is 4.79 Å². The van der Waals surface area contributed by atoms with E-state index in [1.54, 1.807) is 0 Å². The Morgan fingerprint density at radius 2 is 1.94 bits per heavy atom. The third-order valence-electron chi connectivity index (χ3n) is 4.25. The summed E-state index contributed by atoms with van der Waals surface area (Å²) < 4.78 is 0. The summed E-state index contributed by atoms with van der Waals surface area (Å²) in [5.41, 5.74) is 0. The molecule has 0 bridgehead atoms. The summed E-state index contributed by atoms with van der Waals surface area (Å²) in [6, 6.07) is 0.621. The Labute approximate surface area is 98.6 Å². The van der Waals surface area contributed by atoms with E-state index in [1.165, 1.54) is 19.3 Å². The van der Waals surface area contributed by atoms with Gasteiger partial charge in [0.15, 0.2) is 0 Å². The number of carbonyl (C=O) groups excluding carboxylic acids is 1. The normalized spacial score (nSPS) is 23.2. The molecule has 1 saturated carbocycles. The number of nitrogens with one attached hydrogen (secondary N) is 1. The lowest BCUT2D eigenvalue weighted by atomic mass is 9.82. The van der Waals surface area contributed by atoms with E-state index in [9.17, 15) is 4.79 Å². The van der Waals surface area contributed by atoms with Gasteiger partial charge in [0.05, 0.1) is 0 Å². The van der Waals surface area contributed by atoms with Crippen LogP contribution in [0.2, 0.25) is 0 Å². The minimum absolute atomic E-state index is 0.390. The largest absolute Gasteiger partial charge is 0.343 e. The Hall–Kier alpha value is -0.570. The van der Waals surface area contributed by atoms with Gasteiger partial charge in [0.1, 0.15) is 0 Å². The second kappa shape index (κ2) is 5.67. The second-order valence-electron chi connectivity index (χ2n) is 5.28. The molecule has 0 atom stereocenters. The monoisotopic (exact) mass is 224 g/mol. The van der Waals surface area contributed by atoms with Gasteiger partial charge in [-0.1, -0.05) is 19.3 Å². The van der Waals surface area contributed by atoms with Crippen LogP contribution >= 0.6 is 0 Å². The van der Waals surface area contributed by atoms with Crippen LogP contribution in [0.5, 0.6) is 0 Å². The van der Waals surface area contributed by atoms with Crippen LogP contribution in [0.1, 0.15) is 44.9 Å². The molecule has 3 nitrogen and oxygen atoms in total. The van der Waals surface area contributed by atoms with E-state index in [-0.39, 0.29) is 0 Å². The molecular formula is C13H24N2O. The highest BCUT2D eigenvalue weighted by Crippen LogP contribution is 2.30. The SMILES string of the molecule is CNC1CCN(C(=O)CCC2CCC2)CC1. The van der Waals surface area contributed by atoms with Gasteiger partial charge in [-0.3, -0.25) is 4.79 Å². The third kappa shape index (κ3) is 2.97. The van der Waals surface area contributed by atoms with Crippen molar-refractivity contribution in [3.05, 3.63) is 0 Å². The van der Waals surface area contributed by atoms with Gasteiger partial charge in [-0.05, 0) is 32.2 Å². The summed E-state index contributed by atoms with van der Waals surface area (Å²) in [6.45, 7) is 1.91. The lowest BCUT2D eigenvalue weighted by Gasteiger charge is -2.33. The molecular weight excluding hydrogens is 200 g/mol. The number of nitrogens with zero attached hydrogens (tertiary/aromatic N) is 1. The first-order valence-corrected chi connectivity index (χ1v) is 6.74. The van der Waals surface area contributed by atoms with Gasteiger partial charge in [-0.25, -0.2) is 0 Å². The molecule has 1 aliphatic carbocycles. The van der Waals surface area contributed by atoms with Crippen molar-refractivity contribution in [1.82, 2.24) is 10.2 Å². The summed E-state index contributed by atoms with van der Waals surface area (Å²) in [6.07, 6.45) is 8.24. The summed E-state index contributed by atoms with van der Waals surface area (Å²) in [4.78, 5) is 14.0. The molecule has 2 aliphatic rings. The number of hydrogen-bond donors (Lipinski definition) is 1. The standard InChI is InChI=1S/C13H24N2O/c1-14-12-7-9-15(10-8-12)13(16)6-5-11-3-2-4-11/h11-12,14H,2-10H2,1H3. The molecule has 16 heavy (non-hydrogen) atoms. The van der Waals surface area contributed by atoms with Crippen molar-refractivity contribution in [2.75, 3.05) is 20.1 Å². The number of amides is 1. The predicted molar refractivity (Wildman–Crippen MR) is 65.2 cm³/mol. The second-order valence-corrected chi connectivity index (χ2v) is 5.28. The average Bonchev–Trinajstić information content (AvgIpc) is 2.27. The van der Waals surface area contributed by atoms with Crippen LogP contribution in [0.15, 0.2) is 0 Å². The van der Waals surface area contributed by atoms with Crippen LogP contribution in [-0.2, 0) is 4.79 Å². The summed E-state index contributed by atoms with van der Waals surface area (Å²) in [5, 5.41) is 3.29. The molecule has 1 N–H and O–H groups in total. The minimum Gasteiger partial charge on any atom is -0.343 e. The first kappa shape index (κ1) is 11.9. The molecule has 0 radical (unpaired) electrons. The van der Waals surface area contributed by atoms with Crippen molar-refractivity contribution in [2.24, 2.45) is 5.92 Å². The highest BCUT2D eigenvalue weighted by molar-refractivity contribution is 5.76. The third-order valence-corrected chi connectivity index (χ3v) is 4.25. The van der Waals surface area contributed by atoms with Crippen molar-refractivity contribution in [2.45, 2.75) is 51.0 Å². The lowest BCUT2D eigenvalue weighted by molar-refractivity contribution is -0.132. The molecule has 1 heterocycles. The van der Waals surface area contributed by atoms with E-state index in [0.29, 0.717) is 11.9 Å². The molecule has 2 fully saturated rings. The highest BCUT2D eigenvalue weighted by Gasteiger charge is 2.23. The number of rotatable bonds is 4. The highest BCUT2D eigenvalue weighted by atomic mass is 16.2. The molecule has 92 valence electrons. The quantitative estimate of drug-likeness (QED) is 0.789. The fourth-order valence-corrected chi connectivity index (χ4v) is 2.68.